The number of aliphatic hydroxyl groups is 1. The van der Waals surface area contributed by atoms with Crippen molar-refractivity contribution >= 4 is 17.1 Å². The van der Waals surface area contributed by atoms with E-state index in [2.05, 4.69) is 5.32 Å². The minimum absolute atomic E-state index is 0.113. The molecule has 1 unspecified atom stereocenters. The number of ketones is 1. The highest BCUT2D eigenvalue weighted by Crippen LogP contribution is 2.33. The summed E-state index contributed by atoms with van der Waals surface area (Å²) in [4.78, 5) is 15.0. The van der Waals surface area contributed by atoms with Crippen molar-refractivity contribution in [2.75, 3.05) is 6.54 Å². The molecule has 150 valence electrons. The number of nitrogens with one attached hydrogen (secondary N) is 1. The van der Waals surface area contributed by atoms with Gasteiger partial charge in [0, 0.05) is 33.8 Å². The lowest BCUT2D eigenvalue weighted by atomic mass is 9.87. The Hall–Kier alpha value is -1.83. The number of aryl methyl sites for hydroxylation is 2. The van der Waals surface area contributed by atoms with Gasteiger partial charge in [-0.3, -0.25) is 4.79 Å². The molecule has 1 aromatic carbocycles. The van der Waals surface area contributed by atoms with Gasteiger partial charge in [-0.25, -0.2) is 8.78 Å². The number of ether oxygens (including phenoxy) is 1. The lowest BCUT2D eigenvalue weighted by molar-refractivity contribution is 0.0398. The van der Waals surface area contributed by atoms with E-state index >= 15 is 0 Å². The molecule has 7 heteroatoms. The third-order valence-electron chi connectivity index (χ3n) is 5.66. The van der Waals surface area contributed by atoms with Crippen LogP contribution in [0.15, 0.2) is 24.3 Å². The van der Waals surface area contributed by atoms with Gasteiger partial charge in [-0.05, 0) is 50.8 Å². The lowest BCUT2D eigenvalue weighted by Crippen LogP contribution is -2.44. The monoisotopic (exact) mass is 407 g/mol. The molecule has 0 saturated heterocycles. The van der Waals surface area contributed by atoms with Gasteiger partial charge in [-0.2, -0.15) is 0 Å². The number of carbonyl (C=O) groups is 1. The van der Waals surface area contributed by atoms with Crippen LogP contribution in [0.5, 0.6) is 5.75 Å². The Morgan fingerprint density at radius 2 is 2.00 bits per heavy atom. The van der Waals surface area contributed by atoms with Crippen molar-refractivity contribution in [3.63, 3.8) is 0 Å². The topological polar surface area (TPSA) is 58.6 Å². The summed E-state index contributed by atoms with van der Waals surface area (Å²) in [6.07, 6.45) is 1.22. The van der Waals surface area contributed by atoms with Crippen molar-refractivity contribution in [2.24, 2.45) is 5.92 Å². The minimum Gasteiger partial charge on any atom is -0.482 e. The van der Waals surface area contributed by atoms with Gasteiger partial charge in [0.15, 0.2) is 23.2 Å². The number of hydrogen-bond acceptors (Lipinski definition) is 5. The number of benzene rings is 1. The molecule has 0 bridgehead atoms. The number of para-hydroxylation sites is 1. The standard InChI is InChI=1S/C21H23F2NO3S/c1-11-9-13-18(28-11)8-5-12(19(13)25)10-24-16-6-7-17(20(16)26)27-21-14(22)3-2-4-15(21)23/h2-4,9,12,16-17,20,24,26H,5-8,10H2,1H3/t12?,16-,17-,20-/m1/s1. The second kappa shape index (κ2) is 7.89. The molecule has 28 heavy (non-hydrogen) atoms. The van der Waals surface area contributed by atoms with Gasteiger partial charge in [-0.15, -0.1) is 11.3 Å². The molecular weight excluding hydrogens is 384 g/mol. The number of Topliss-reactive ketones (excluding diaryl/α,β-unsaturated/α-hetero) is 1. The summed E-state index contributed by atoms with van der Waals surface area (Å²) < 4.78 is 33.0. The molecule has 0 amide bonds. The smallest absolute Gasteiger partial charge is 0.191 e. The van der Waals surface area contributed by atoms with Gasteiger partial charge < -0.3 is 15.2 Å². The summed E-state index contributed by atoms with van der Waals surface area (Å²) in [7, 11) is 0. The molecule has 1 fully saturated rings. The fourth-order valence-corrected chi connectivity index (χ4v) is 5.20. The van der Waals surface area contributed by atoms with E-state index in [9.17, 15) is 18.7 Å². The number of hydrogen-bond donors (Lipinski definition) is 2. The summed E-state index contributed by atoms with van der Waals surface area (Å²) in [6, 6.07) is 5.23. The summed E-state index contributed by atoms with van der Waals surface area (Å²) in [5, 5.41) is 13.8. The van der Waals surface area contributed by atoms with Crippen LogP contribution < -0.4 is 10.1 Å². The Kier molecular flexibility index (Phi) is 5.49. The van der Waals surface area contributed by atoms with Gasteiger partial charge in [0.2, 0.25) is 0 Å². The minimum atomic E-state index is -0.892. The second-order valence-electron chi connectivity index (χ2n) is 7.58. The van der Waals surface area contributed by atoms with Gasteiger partial charge >= 0.3 is 0 Å². The first-order valence-corrected chi connectivity index (χ1v) is 10.4. The Morgan fingerprint density at radius 3 is 2.75 bits per heavy atom. The molecule has 2 aromatic rings. The van der Waals surface area contributed by atoms with Crippen molar-refractivity contribution in [1.82, 2.24) is 5.32 Å². The van der Waals surface area contributed by atoms with Gasteiger partial charge in [0.05, 0.1) is 0 Å². The summed E-state index contributed by atoms with van der Waals surface area (Å²) >= 11 is 1.68. The molecular formula is C21H23F2NO3S. The zero-order chi connectivity index (χ0) is 19.8. The largest absolute Gasteiger partial charge is 0.482 e. The molecule has 4 rings (SSSR count). The van der Waals surface area contributed by atoms with Crippen LogP contribution in [0.3, 0.4) is 0 Å². The van der Waals surface area contributed by atoms with Crippen LogP contribution in [0.4, 0.5) is 8.78 Å². The molecule has 1 heterocycles. The Morgan fingerprint density at radius 1 is 1.25 bits per heavy atom. The highest BCUT2D eigenvalue weighted by Gasteiger charge is 2.38. The highest BCUT2D eigenvalue weighted by molar-refractivity contribution is 7.12. The zero-order valence-electron chi connectivity index (χ0n) is 15.6. The first-order valence-electron chi connectivity index (χ1n) is 9.59. The molecule has 1 saturated carbocycles. The van der Waals surface area contributed by atoms with Crippen LogP contribution in [-0.4, -0.2) is 35.7 Å². The van der Waals surface area contributed by atoms with Gasteiger partial charge in [-0.1, -0.05) is 6.07 Å². The third kappa shape index (κ3) is 3.71. The normalized spacial score (nSPS) is 27.1. The average molecular weight is 407 g/mol. The van der Waals surface area contributed by atoms with E-state index in [1.807, 2.05) is 13.0 Å². The summed E-state index contributed by atoms with van der Waals surface area (Å²) in [5.74, 6) is -1.96. The molecule has 4 nitrogen and oxygen atoms in total. The van der Waals surface area contributed by atoms with Crippen molar-refractivity contribution in [3.8, 4) is 5.75 Å². The van der Waals surface area contributed by atoms with Crippen molar-refractivity contribution < 1.29 is 23.4 Å². The first-order chi connectivity index (χ1) is 13.4. The fourth-order valence-electron chi connectivity index (χ4n) is 4.14. The van der Waals surface area contributed by atoms with E-state index in [1.165, 1.54) is 10.9 Å². The molecule has 2 N–H and O–H groups in total. The van der Waals surface area contributed by atoms with Crippen LogP contribution in [0.2, 0.25) is 0 Å². The van der Waals surface area contributed by atoms with Crippen molar-refractivity contribution in [1.29, 1.82) is 0 Å². The molecule has 0 aliphatic heterocycles. The van der Waals surface area contributed by atoms with Crippen LogP contribution in [0.1, 0.15) is 39.4 Å². The van der Waals surface area contributed by atoms with Crippen LogP contribution in [-0.2, 0) is 6.42 Å². The Bertz CT molecular complexity index is 864. The van der Waals surface area contributed by atoms with Crippen LogP contribution in [0, 0.1) is 24.5 Å². The maximum Gasteiger partial charge on any atom is 0.191 e. The van der Waals surface area contributed by atoms with E-state index in [-0.39, 0.29) is 17.7 Å². The maximum atomic E-state index is 13.8. The van der Waals surface area contributed by atoms with Gasteiger partial charge in [0.25, 0.3) is 0 Å². The predicted octanol–water partition coefficient (Wildman–Crippen LogP) is 3.64. The van der Waals surface area contributed by atoms with Crippen LogP contribution in [0.25, 0.3) is 0 Å². The number of carbonyl (C=O) groups excluding carboxylic acids is 1. The van der Waals surface area contributed by atoms with Gasteiger partial charge in [0.1, 0.15) is 12.2 Å². The van der Waals surface area contributed by atoms with E-state index < -0.39 is 29.6 Å². The summed E-state index contributed by atoms with van der Waals surface area (Å²) in [6.45, 7) is 2.49. The lowest BCUT2D eigenvalue weighted by Gasteiger charge is -2.25. The molecule has 0 spiro atoms. The number of halogens is 2. The SMILES string of the molecule is Cc1cc2c(s1)CCC(CN[C@@H]1CC[C@@H](Oc3c(F)cccc3F)[C@@H]1O)C2=O. The second-order valence-corrected chi connectivity index (χ2v) is 8.92. The summed E-state index contributed by atoms with van der Waals surface area (Å²) in [5.41, 5.74) is 0.837. The number of fused-ring (bicyclic) bond motifs is 1. The number of aliphatic hydroxyl groups excluding tert-OH is 1. The van der Waals surface area contributed by atoms with Crippen molar-refractivity contribution in [3.05, 3.63) is 51.2 Å². The first kappa shape index (κ1) is 19.5. The molecule has 4 atom stereocenters. The van der Waals surface area contributed by atoms with E-state index in [0.29, 0.717) is 19.4 Å². The van der Waals surface area contributed by atoms with E-state index in [4.69, 9.17) is 4.74 Å². The highest BCUT2D eigenvalue weighted by atomic mass is 32.1. The quantitative estimate of drug-likeness (QED) is 0.795. The maximum absolute atomic E-state index is 13.8. The number of thiophene rings is 1. The molecule has 2 aliphatic carbocycles. The van der Waals surface area contributed by atoms with E-state index in [0.717, 1.165) is 35.4 Å². The fraction of sp³-hybridized carbons (Fsp3) is 0.476. The van der Waals surface area contributed by atoms with Crippen molar-refractivity contribution in [2.45, 2.75) is 50.9 Å². The Balaban J connectivity index is 1.35. The molecule has 2 aliphatic rings. The zero-order valence-corrected chi connectivity index (χ0v) is 16.4. The molecule has 0 radical (unpaired) electrons. The van der Waals surface area contributed by atoms with Crippen LogP contribution >= 0.6 is 11.3 Å². The average Bonchev–Trinajstić information content (AvgIpc) is 3.21. The van der Waals surface area contributed by atoms with E-state index in [1.54, 1.807) is 11.3 Å². The number of rotatable bonds is 5. The predicted molar refractivity (Wildman–Crippen MR) is 103 cm³/mol. The third-order valence-corrected chi connectivity index (χ3v) is 6.77. The Labute approximate surface area is 166 Å². The molecule has 1 aromatic heterocycles.